The first-order valence-corrected chi connectivity index (χ1v) is 10.5. The first kappa shape index (κ1) is 25.8. The number of halogens is 2. The summed E-state index contributed by atoms with van der Waals surface area (Å²) in [5, 5.41) is 5.18. The van der Waals surface area contributed by atoms with E-state index >= 15 is 0 Å². The summed E-state index contributed by atoms with van der Waals surface area (Å²) in [6, 6.07) is 11.2. The van der Waals surface area contributed by atoms with Crippen molar-refractivity contribution in [3.05, 3.63) is 58.1 Å². The topological polar surface area (TPSA) is 135 Å². The molecular weight excluding hydrogens is 475 g/mol. The molecule has 0 radical (unpaired) electrons. The zero-order valence-electron chi connectivity index (χ0n) is 17.6. The van der Waals surface area contributed by atoms with Gasteiger partial charge in [-0.25, -0.2) is 0 Å². The molecule has 0 fully saturated rings. The second-order valence-electron chi connectivity index (χ2n) is 6.35. The van der Waals surface area contributed by atoms with Gasteiger partial charge in [0.2, 0.25) is 5.91 Å². The van der Waals surface area contributed by atoms with Gasteiger partial charge in [0.15, 0.2) is 18.1 Å². The minimum absolute atomic E-state index is 0.140. The van der Waals surface area contributed by atoms with Crippen molar-refractivity contribution in [3.63, 3.8) is 0 Å². The largest absolute Gasteiger partial charge is 0.490 e. The molecule has 0 heterocycles. The molecule has 0 aromatic heterocycles. The van der Waals surface area contributed by atoms with Crippen LogP contribution < -0.4 is 31.0 Å². The maximum atomic E-state index is 12.1. The van der Waals surface area contributed by atoms with Crippen LogP contribution in [0.25, 0.3) is 0 Å². The highest BCUT2D eigenvalue weighted by molar-refractivity contribution is 6.36. The van der Waals surface area contributed by atoms with Gasteiger partial charge >= 0.3 is 0 Å². The van der Waals surface area contributed by atoms with E-state index in [9.17, 15) is 19.2 Å². The number of carbonyl (C=O) groups excluding carboxylic acids is 4. The summed E-state index contributed by atoms with van der Waals surface area (Å²) in [6.45, 7) is 1.08. The molecular formula is C21H22Cl2N4O6. The molecule has 12 heteroatoms. The molecule has 0 aliphatic heterocycles. The van der Waals surface area contributed by atoms with Gasteiger partial charge in [0.05, 0.1) is 30.3 Å². The molecule has 0 unspecified atom stereocenters. The molecule has 0 spiro atoms. The van der Waals surface area contributed by atoms with Gasteiger partial charge in [-0.2, -0.15) is 0 Å². The van der Waals surface area contributed by atoms with Crippen molar-refractivity contribution in [3.8, 4) is 11.5 Å². The van der Waals surface area contributed by atoms with Crippen molar-refractivity contribution in [2.45, 2.75) is 6.92 Å². The molecule has 10 nitrogen and oxygen atoms in total. The molecule has 2 rings (SSSR count). The van der Waals surface area contributed by atoms with Crippen LogP contribution in [0.15, 0.2) is 42.5 Å². The molecule has 176 valence electrons. The van der Waals surface area contributed by atoms with E-state index in [4.69, 9.17) is 32.7 Å². The van der Waals surface area contributed by atoms with Gasteiger partial charge in [-0.05, 0) is 37.3 Å². The SMILES string of the molecule is CCOc1ccccc1OCC(=O)NNC(=O)CNC(=O)CNC(=O)c1ccc(Cl)cc1Cl. The molecule has 0 saturated heterocycles. The summed E-state index contributed by atoms with van der Waals surface area (Å²) in [4.78, 5) is 47.5. The highest BCUT2D eigenvalue weighted by Crippen LogP contribution is 2.26. The van der Waals surface area contributed by atoms with E-state index in [2.05, 4.69) is 21.5 Å². The molecule has 0 bridgehead atoms. The van der Waals surface area contributed by atoms with Crippen molar-refractivity contribution < 1.29 is 28.7 Å². The average molecular weight is 497 g/mol. The van der Waals surface area contributed by atoms with Crippen LogP contribution in [-0.2, 0) is 14.4 Å². The standard InChI is InChI=1S/C21H22Cl2N4O6/c1-2-32-16-5-3-4-6-17(16)33-12-20(30)27-26-19(29)11-24-18(28)10-25-21(31)14-8-7-13(22)9-15(14)23/h3-9H,2,10-12H2,1H3,(H,24,28)(H,25,31)(H,26,29)(H,27,30). The van der Waals surface area contributed by atoms with Crippen LogP contribution in [0.5, 0.6) is 11.5 Å². The number of ether oxygens (including phenoxy) is 2. The summed E-state index contributed by atoms with van der Waals surface area (Å²) in [5.74, 6) is -1.62. The van der Waals surface area contributed by atoms with E-state index in [1.54, 1.807) is 24.3 Å². The van der Waals surface area contributed by atoms with E-state index in [1.165, 1.54) is 18.2 Å². The number of carbonyl (C=O) groups is 4. The first-order valence-electron chi connectivity index (χ1n) is 9.72. The van der Waals surface area contributed by atoms with Gasteiger partial charge in [0.25, 0.3) is 17.7 Å². The highest BCUT2D eigenvalue weighted by atomic mass is 35.5. The highest BCUT2D eigenvalue weighted by Gasteiger charge is 2.13. The predicted octanol–water partition coefficient (Wildman–Crippen LogP) is 1.46. The fourth-order valence-corrected chi connectivity index (χ4v) is 2.87. The van der Waals surface area contributed by atoms with Crippen molar-refractivity contribution in [1.82, 2.24) is 21.5 Å². The lowest BCUT2D eigenvalue weighted by molar-refractivity contribution is -0.130. The van der Waals surface area contributed by atoms with Gasteiger partial charge in [-0.3, -0.25) is 30.0 Å². The van der Waals surface area contributed by atoms with Gasteiger partial charge in [0, 0.05) is 5.02 Å². The number of hydrazine groups is 1. The third-order valence-electron chi connectivity index (χ3n) is 3.88. The summed E-state index contributed by atoms with van der Waals surface area (Å²) >= 11 is 11.7. The molecule has 2 aromatic rings. The molecule has 0 saturated carbocycles. The predicted molar refractivity (Wildman–Crippen MR) is 121 cm³/mol. The minimum Gasteiger partial charge on any atom is -0.490 e. The quantitative estimate of drug-likeness (QED) is 0.368. The summed E-state index contributed by atoms with van der Waals surface area (Å²) < 4.78 is 10.8. The zero-order chi connectivity index (χ0) is 24.2. The lowest BCUT2D eigenvalue weighted by atomic mass is 10.2. The number of benzene rings is 2. The molecule has 2 aromatic carbocycles. The second kappa shape index (κ2) is 13.1. The number of hydrogen-bond acceptors (Lipinski definition) is 6. The number of hydrogen-bond donors (Lipinski definition) is 4. The van der Waals surface area contributed by atoms with Crippen LogP contribution in [-0.4, -0.2) is 49.9 Å². The Labute approximate surface area is 199 Å². The van der Waals surface area contributed by atoms with Crippen molar-refractivity contribution >= 4 is 46.8 Å². The summed E-state index contributed by atoms with van der Waals surface area (Å²) in [6.07, 6.45) is 0. The van der Waals surface area contributed by atoms with Gasteiger partial charge in [-0.15, -0.1) is 0 Å². The van der Waals surface area contributed by atoms with Crippen LogP contribution in [0, 0.1) is 0 Å². The van der Waals surface area contributed by atoms with E-state index in [0.717, 1.165) is 0 Å². The number of para-hydroxylation sites is 2. The molecule has 0 aliphatic carbocycles. The van der Waals surface area contributed by atoms with Crippen LogP contribution in [0.4, 0.5) is 0 Å². The van der Waals surface area contributed by atoms with Crippen molar-refractivity contribution in [1.29, 1.82) is 0 Å². The minimum atomic E-state index is -0.682. The van der Waals surface area contributed by atoms with Gasteiger partial charge < -0.3 is 20.1 Å². The van der Waals surface area contributed by atoms with Crippen LogP contribution >= 0.6 is 23.2 Å². The molecule has 4 N–H and O–H groups in total. The van der Waals surface area contributed by atoms with Gasteiger partial charge in [0.1, 0.15) is 0 Å². The van der Waals surface area contributed by atoms with Crippen LogP contribution in [0.1, 0.15) is 17.3 Å². The molecule has 0 aliphatic rings. The van der Waals surface area contributed by atoms with Gasteiger partial charge in [-0.1, -0.05) is 35.3 Å². The maximum Gasteiger partial charge on any atom is 0.276 e. The fourth-order valence-electron chi connectivity index (χ4n) is 2.38. The van der Waals surface area contributed by atoms with Crippen LogP contribution in [0.3, 0.4) is 0 Å². The smallest absolute Gasteiger partial charge is 0.276 e. The number of amides is 4. The Balaban J connectivity index is 1.65. The van der Waals surface area contributed by atoms with Crippen molar-refractivity contribution in [2.75, 3.05) is 26.3 Å². The Hall–Kier alpha value is -3.50. The van der Waals surface area contributed by atoms with E-state index in [0.29, 0.717) is 23.1 Å². The lowest BCUT2D eigenvalue weighted by Gasteiger charge is -2.12. The molecule has 0 atom stereocenters. The molecule has 33 heavy (non-hydrogen) atoms. The monoisotopic (exact) mass is 496 g/mol. The Morgan fingerprint density at radius 1 is 0.818 bits per heavy atom. The first-order chi connectivity index (χ1) is 15.8. The second-order valence-corrected chi connectivity index (χ2v) is 7.19. The fraction of sp³-hybridized carbons (Fsp3) is 0.238. The third kappa shape index (κ3) is 8.87. The van der Waals surface area contributed by atoms with Crippen LogP contribution in [0.2, 0.25) is 10.0 Å². The van der Waals surface area contributed by atoms with E-state index < -0.39 is 30.2 Å². The number of rotatable bonds is 10. The molecule has 4 amide bonds. The van der Waals surface area contributed by atoms with E-state index in [-0.39, 0.29) is 23.7 Å². The average Bonchev–Trinajstić information content (AvgIpc) is 2.79. The summed E-state index contributed by atoms with van der Waals surface area (Å²) in [5.41, 5.74) is 4.45. The number of nitrogens with one attached hydrogen (secondary N) is 4. The Bertz CT molecular complexity index is 1020. The normalized spacial score (nSPS) is 10.0. The maximum absolute atomic E-state index is 12.1. The lowest BCUT2D eigenvalue weighted by Crippen LogP contribution is -2.48. The van der Waals surface area contributed by atoms with E-state index in [1.807, 2.05) is 6.92 Å². The Morgan fingerprint density at radius 3 is 2.12 bits per heavy atom. The summed E-state index contributed by atoms with van der Waals surface area (Å²) in [7, 11) is 0. The third-order valence-corrected chi connectivity index (χ3v) is 4.43. The Kier molecular flexibility index (Phi) is 10.3. The Morgan fingerprint density at radius 2 is 1.45 bits per heavy atom. The zero-order valence-corrected chi connectivity index (χ0v) is 19.1. The van der Waals surface area contributed by atoms with Crippen molar-refractivity contribution in [2.24, 2.45) is 0 Å².